The molecule has 0 spiro atoms. The molecule has 0 saturated carbocycles. The van der Waals surface area contributed by atoms with Gasteiger partial charge in [-0.3, -0.25) is 4.79 Å². The maximum Gasteiger partial charge on any atom is 0.314 e. The van der Waals surface area contributed by atoms with Gasteiger partial charge in [-0.15, -0.1) is 0 Å². The molecule has 0 aromatic carbocycles. The number of hydrogen-bond acceptors (Lipinski definition) is 4. The summed E-state index contributed by atoms with van der Waals surface area (Å²) in [6.45, 7) is 14.3. The molecule has 2 unspecified atom stereocenters. The largest absolute Gasteiger partial charge is 0.436 e. The summed E-state index contributed by atoms with van der Waals surface area (Å²) in [6.07, 6.45) is 0.432. The molecule has 4 heteroatoms. The second kappa shape index (κ2) is 7.64. The van der Waals surface area contributed by atoms with E-state index in [1.165, 1.54) is 0 Å². The fourth-order valence-corrected chi connectivity index (χ4v) is 2.20. The third-order valence-corrected chi connectivity index (χ3v) is 3.48. The summed E-state index contributed by atoms with van der Waals surface area (Å²) in [7, 11) is 0. The van der Waals surface area contributed by atoms with E-state index >= 15 is 0 Å². The van der Waals surface area contributed by atoms with Gasteiger partial charge in [-0.25, -0.2) is 0 Å². The second-order valence-corrected chi connectivity index (χ2v) is 7.06. The van der Waals surface area contributed by atoms with Crippen LogP contribution in [0.1, 0.15) is 61.3 Å². The summed E-state index contributed by atoms with van der Waals surface area (Å²) in [6, 6.07) is 1.99. The minimum atomic E-state index is -0.617. The summed E-state index contributed by atoms with van der Waals surface area (Å²) in [5, 5.41) is 8.45. The van der Waals surface area contributed by atoms with Crippen molar-refractivity contribution in [3.05, 3.63) is 0 Å². The Kier molecular flexibility index (Phi) is 7.22. The summed E-state index contributed by atoms with van der Waals surface area (Å²) in [5.41, 5.74) is -0.492. The molecule has 0 aromatic rings. The topological polar surface area (TPSA) is 59.3 Å². The monoisotopic (exact) mass is 283 g/mol. The van der Waals surface area contributed by atoms with Gasteiger partial charge in [0, 0.05) is 0 Å². The van der Waals surface area contributed by atoms with Crippen LogP contribution in [-0.4, -0.2) is 18.9 Å². The van der Waals surface area contributed by atoms with Gasteiger partial charge in [0.1, 0.15) is 0 Å². The zero-order valence-corrected chi connectivity index (χ0v) is 13.9. The molecular weight excluding hydrogens is 254 g/mol. The average molecular weight is 283 g/mol. The molecule has 20 heavy (non-hydrogen) atoms. The molecular formula is C16H29NO3. The molecule has 2 atom stereocenters. The van der Waals surface area contributed by atoms with Gasteiger partial charge in [-0.1, -0.05) is 34.6 Å². The Morgan fingerprint density at radius 1 is 1.20 bits per heavy atom. The molecule has 0 aliphatic carbocycles. The van der Waals surface area contributed by atoms with E-state index in [1.54, 1.807) is 6.92 Å². The van der Waals surface area contributed by atoms with Gasteiger partial charge in [0.25, 0.3) is 0 Å². The molecule has 0 aliphatic heterocycles. The molecule has 116 valence electrons. The number of carbonyl (C=O) groups is 1. The SMILES string of the molecule is CC(OCCC#N)OC(=O)C(C)(CC(C)(C)C)C(C)C. The highest BCUT2D eigenvalue weighted by molar-refractivity contribution is 5.76. The lowest BCUT2D eigenvalue weighted by atomic mass is 9.69. The van der Waals surface area contributed by atoms with Crippen LogP contribution in [-0.2, 0) is 14.3 Å². The Morgan fingerprint density at radius 3 is 2.15 bits per heavy atom. The van der Waals surface area contributed by atoms with Crippen molar-refractivity contribution in [3.8, 4) is 6.07 Å². The molecule has 4 nitrogen and oxygen atoms in total. The lowest BCUT2D eigenvalue weighted by Gasteiger charge is -2.37. The fraction of sp³-hybridized carbons (Fsp3) is 0.875. The van der Waals surface area contributed by atoms with Crippen molar-refractivity contribution in [3.63, 3.8) is 0 Å². The van der Waals surface area contributed by atoms with Crippen LogP contribution in [0.15, 0.2) is 0 Å². The summed E-state index contributed by atoms with van der Waals surface area (Å²) in [5.74, 6) is -0.0487. The van der Waals surface area contributed by atoms with Crippen LogP contribution in [0.4, 0.5) is 0 Å². The van der Waals surface area contributed by atoms with Gasteiger partial charge in [-0.2, -0.15) is 5.26 Å². The van der Waals surface area contributed by atoms with E-state index in [0.29, 0.717) is 6.42 Å². The first kappa shape index (κ1) is 18.9. The van der Waals surface area contributed by atoms with Gasteiger partial charge < -0.3 is 9.47 Å². The predicted molar refractivity (Wildman–Crippen MR) is 78.8 cm³/mol. The van der Waals surface area contributed by atoms with Gasteiger partial charge >= 0.3 is 5.97 Å². The highest BCUT2D eigenvalue weighted by Gasteiger charge is 2.41. The van der Waals surface area contributed by atoms with Crippen molar-refractivity contribution >= 4 is 5.97 Å². The van der Waals surface area contributed by atoms with E-state index in [4.69, 9.17) is 14.7 Å². The van der Waals surface area contributed by atoms with E-state index in [9.17, 15) is 4.79 Å². The third-order valence-electron chi connectivity index (χ3n) is 3.48. The lowest BCUT2D eigenvalue weighted by molar-refractivity contribution is -0.189. The third kappa shape index (κ3) is 6.38. The normalized spacial score (nSPS) is 16.4. The van der Waals surface area contributed by atoms with Crippen LogP contribution in [0.3, 0.4) is 0 Å². The maximum absolute atomic E-state index is 12.5. The van der Waals surface area contributed by atoms with Crippen LogP contribution in [0, 0.1) is 28.1 Å². The fourth-order valence-electron chi connectivity index (χ4n) is 2.20. The molecule has 0 fully saturated rings. The summed E-state index contributed by atoms with van der Waals surface area (Å²) >= 11 is 0. The molecule has 0 rings (SSSR count). The van der Waals surface area contributed by atoms with Crippen LogP contribution in [0.25, 0.3) is 0 Å². The minimum absolute atomic E-state index is 0.0446. The van der Waals surface area contributed by atoms with Gasteiger partial charge in [-0.05, 0) is 31.6 Å². The smallest absolute Gasteiger partial charge is 0.314 e. The van der Waals surface area contributed by atoms with Crippen molar-refractivity contribution in [1.29, 1.82) is 5.26 Å². The number of ether oxygens (including phenoxy) is 2. The Labute approximate surface area is 123 Å². The van der Waals surface area contributed by atoms with E-state index in [-0.39, 0.29) is 23.9 Å². The average Bonchev–Trinajstić information content (AvgIpc) is 2.26. The van der Waals surface area contributed by atoms with E-state index < -0.39 is 11.7 Å². The van der Waals surface area contributed by atoms with Gasteiger partial charge in [0.2, 0.25) is 0 Å². The summed E-state index contributed by atoms with van der Waals surface area (Å²) < 4.78 is 10.7. The van der Waals surface area contributed by atoms with E-state index in [0.717, 1.165) is 6.42 Å². The minimum Gasteiger partial charge on any atom is -0.436 e. The molecule has 0 heterocycles. The molecule has 0 aromatic heterocycles. The molecule has 0 bridgehead atoms. The molecule has 0 aliphatic rings. The molecule has 0 N–H and O–H groups in total. The van der Waals surface area contributed by atoms with Gasteiger partial charge in [0.15, 0.2) is 6.29 Å². The van der Waals surface area contributed by atoms with Crippen molar-refractivity contribution in [2.75, 3.05) is 6.61 Å². The number of rotatable bonds is 7. The van der Waals surface area contributed by atoms with Crippen LogP contribution < -0.4 is 0 Å². The predicted octanol–water partition coefficient (Wildman–Crippen LogP) is 3.90. The van der Waals surface area contributed by atoms with Crippen molar-refractivity contribution in [2.45, 2.75) is 67.6 Å². The van der Waals surface area contributed by atoms with Crippen molar-refractivity contribution in [2.24, 2.45) is 16.7 Å². The molecule has 0 amide bonds. The first-order chi connectivity index (χ1) is 9.03. The van der Waals surface area contributed by atoms with Crippen LogP contribution >= 0.6 is 0 Å². The Balaban J connectivity index is 4.70. The number of nitriles is 1. The Hall–Kier alpha value is -1.08. The highest BCUT2D eigenvalue weighted by atomic mass is 16.7. The zero-order valence-electron chi connectivity index (χ0n) is 13.9. The van der Waals surface area contributed by atoms with Crippen LogP contribution in [0.2, 0.25) is 0 Å². The number of esters is 1. The van der Waals surface area contributed by atoms with Gasteiger partial charge in [0.05, 0.1) is 24.5 Å². The Bertz CT molecular complexity index is 352. The lowest BCUT2D eigenvalue weighted by Crippen LogP contribution is -2.40. The number of hydrogen-bond donors (Lipinski definition) is 0. The first-order valence-corrected chi connectivity index (χ1v) is 7.22. The highest BCUT2D eigenvalue weighted by Crippen LogP contribution is 2.40. The maximum atomic E-state index is 12.5. The molecule has 0 saturated heterocycles. The zero-order chi connectivity index (χ0) is 16.0. The number of carbonyl (C=O) groups excluding carboxylic acids is 1. The quantitative estimate of drug-likeness (QED) is 0.404. The van der Waals surface area contributed by atoms with E-state index in [2.05, 4.69) is 20.8 Å². The van der Waals surface area contributed by atoms with Crippen LogP contribution in [0.5, 0.6) is 0 Å². The summed E-state index contributed by atoms with van der Waals surface area (Å²) in [4.78, 5) is 12.5. The van der Waals surface area contributed by atoms with Crippen molar-refractivity contribution < 1.29 is 14.3 Å². The second-order valence-electron chi connectivity index (χ2n) is 7.06. The molecule has 0 radical (unpaired) electrons. The standard InChI is InChI=1S/C16H29NO3/c1-12(2)16(7,11-15(4,5)6)14(18)20-13(3)19-10-8-9-17/h12-13H,8,10-11H2,1-7H3. The number of nitrogens with zero attached hydrogens (tertiary/aromatic N) is 1. The first-order valence-electron chi connectivity index (χ1n) is 7.22. The Morgan fingerprint density at radius 2 is 1.75 bits per heavy atom. The van der Waals surface area contributed by atoms with E-state index in [1.807, 2.05) is 26.8 Å². The van der Waals surface area contributed by atoms with Crippen molar-refractivity contribution in [1.82, 2.24) is 0 Å².